The molecule has 1 amide bonds. The van der Waals surface area contributed by atoms with E-state index in [0.717, 1.165) is 29.0 Å². The van der Waals surface area contributed by atoms with Crippen molar-refractivity contribution >= 4 is 11.6 Å². The molecular weight excluding hydrogens is 376 g/mol. The third-order valence-electron chi connectivity index (χ3n) is 5.08. The van der Waals surface area contributed by atoms with E-state index in [1.807, 2.05) is 74.5 Å². The average molecular weight is 400 g/mol. The Morgan fingerprint density at radius 3 is 2.53 bits per heavy atom. The van der Waals surface area contributed by atoms with Gasteiger partial charge in [0.25, 0.3) is 5.91 Å². The number of nitrogens with zero attached hydrogens (tertiary/aromatic N) is 3. The smallest absolute Gasteiger partial charge is 0.270 e. The fourth-order valence-corrected chi connectivity index (χ4v) is 3.22. The summed E-state index contributed by atoms with van der Waals surface area (Å²) in [5.41, 5.74) is 4.36. The van der Waals surface area contributed by atoms with Crippen LogP contribution in [0, 0.1) is 0 Å². The number of carbonyl (C=O) groups is 1. The number of methoxy groups -OCH3 is 1. The van der Waals surface area contributed by atoms with E-state index in [9.17, 15) is 4.79 Å². The number of benzene rings is 2. The Labute approximate surface area is 175 Å². The summed E-state index contributed by atoms with van der Waals surface area (Å²) in [5, 5.41) is 7.71. The molecule has 30 heavy (non-hydrogen) atoms. The molecule has 0 unspecified atom stereocenters. The van der Waals surface area contributed by atoms with Gasteiger partial charge in [0, 0.05) is 23.2 Å². The van der Waals surface area contributed by atoms with Crippen LogP contribution >= 0.6 is 0 Å². The monoisotopic (exact) mass is 400 g/mol. The number of rotatable bonds is 6. The first-order valence-electron chi connectivity index (χ1n) is 10.0. The molecule has 0 radical (unpaired) electrons. The van der Waals surface area contributed by atoms with Crippen molar-refractivity contribution < 1.29 is 9.53 Å². The molecule has 0 fully saturated rings. The van der Waals surface area contributed by atoms with E-state index in [1.165, 1.54) is 0 Å². The van der Waals surface area contributed by atoms with Crippen molar-refractivity contribution in [2.45, 2.75) is 26.3 Å². The van der Waals surface area contributed by atoms with E-state index < -0.39 is 0 Å². The predicted molar refractivity (Wildman–Crippen MR) is 118 cm³/mol. The molecule has 1 atom stereocenters. The van der Waals surface area contributed by atoms with E-state index >= 15 is 0 Å². The second kappa shape index (κ2) is 8.37. The van der Waals surface area contributed by atoms with Gasteiger partial charge in [-0.1, -0.05) is 49.4 Å². The largest absolute Gasteiger partial charge is 0.497 e. The number of fused-ring (bicyclic) bond motifs is 1. The number of carbonyl (C=O) groups excluding carboxylic acids is 1. The fraction of sp³-hybridized carbons (Fsp3) is 0.208. The number of hydrogen-bond donors (Lipinski definition) is 1. The Morgan fingerprint density at radius 2 is 1.80 bits per heavy atom. The second-order valence-corrected chi connectivity index (χ2v) is 7.21. The van der Waals surface area contributed by atoms with Gasteiger partial charge in [-0.25, -0.2) is 9.50 Å². The highest BCUT2D eigenvalue weighted by atomic mass is 16.5. The van der Waals surface area contributed by atoms with Crippen LogP contribution in [0.5, 0.6) is 5.75 Å². The van der Waals surface area contributed by atoms with E-state index in [1.54, 1.807) is 17.7 Å². The van der Waals surface area contributed by atoms with E-state index in [2.05, 4.69) is 10.4 Å². The van der Waals surface area contributed by atoms with Crippen LogP contribution in [-0.4, -0.2) is 33.7 Å². The maximum absolute atomic E-state index is 13.1. The highest BCUT2D eigenvalue weighted by Crippen LogP contribution is 2.26. The van der Waals surface area contributed by atoms with Gasteiger partial charge in [-0.15, -0.1) is 0 Å². The summed E-state index contributed by atoms with van der Waals surface area (Å²) < 4.78 is 6.96. The van der Waals surface area contributed by atoms with Gasteiger partial charge >= 0.3 is 0 Å². The zero-order valence-electron chi connectivity index (χ0n) is 17.3. The normalized spacial score (nSPS) is 12.0. The van der Waals surface area contributed by atoms with Crippen LogP contribution in [0.4, 0.5) is 0 Å². The summed E-state index contributed by atoms with van der Waals surface area (Å²) in [5.74, 6) is 0.557. The van der Waals surface area contributed by atoms with Gasteiger partial charge in [-0.3, -0.25) is 4.79 Å². The first-order chi connectivity index (χ1) is 14.6. The van der Waals surface area contributed by atoms with E-state index in [0.29, 0.717) is 17.0 Å². The molecule has 2 aromatic heterocycles. The zero-order chi connectivity index (χ0) is 21.1. The molecule has 0 saturated carbocycles. The summed E-state index contributed by atoms with van der Waals surface area (Å²) in [6.45, 7) is 4.02. The lowest BCUT2D eigenvalue weighted by Gasteiger charge is -2.13. The number of aromatic nitrogens is 3. The summed E-state index contributed by atoms with van der Waals surface area (Å²) in [6, 6.07) is 21.3. The highest BCUT2D eigenvalue weighted by molar-refractivity contribution is 5.94. The minimum atomic E-state index is -0.177. The molecule has 0 aliphatic rings. The Balaban J connectivity index is 1.88. The van der Waals surface area contributed by atoms with Crippen LogP contribution in [0.3, 0.4) is 0 Å². The number of ether oxygens (including phenoxy) is 1. The highest BCUT2D eigenvalue weighted by Gasteiger charge is 2.18. The number of hydrogen-bond acceptors (Lipinski definition) is 4. The Bertz CT molecular complexity index is 1180. The standard InChI is InChI=1S/C24H24N4O2/c1-4-16(2)25-24(29)22-14-20(18-11-8-12-19(13-18)30-3)26-23-15-21(27-28(22)23)17-9-6-5-7-10-17/h5-16H,4H2,1-3H3,(H,25,29)/t16-/m1/s1. The van der Waals surface area contributed by atoms with Gasteiger partial charge in [0.1, 0.15) is 11.4 Å². The molecule has 0 spiro atoms. The molecule has 0 aliphatic heterocycles. The molecule has 6 nitrogen and oxygen atoms in total. The van der Waals surface area contributed by atoms with Crippen LogP contribution in [0.15, 0.2) is 66.7 Å². The topological polar surface area (TPSA) is 68.5 Å². The maximum atomic E-state index is 13.1. The van der Waals surface area contributed by atoms with E-state index in [-0.39, 0.29) is 11.9 Å². The zero-order valence-corrected chi connectivity index (χ0v) is 17.3. The summed E-state index contributed by atoms with van der Waals surface area (Å²) in [7, 11) is 1.63. The molecule has 152 valence electrons. The molecule has 2 aromatic carbocycles. The SMILES string of the molecule is CC[C@@H](C)NC(=O)c1cc(-c2cccc(OC)c2)nc2cc(-c3ccccc3)nn12. The minimum Gasteiger partial charge on any atom is -0.497 e. The van der Waals surface area contributed by atoms with Gasteiger partial charge < -0.3 is 10.1 Å². The van der Waals surface area contributed by atoms with E-state index in [4.69, 9.17) is 9.72 Å². The summed E-state index contributed by atoms with van der Waals surface area (Å²) >= 11 is 0. The van der Waals surface area contributed by atoms with Gasteiger partial charge in [0.2, 0.25) is 0 Å². The molecule has 4 aromatic rings. The van der Waals surface area contributed by atoms with Crippen molar-refractivity contribution in [2.75, 3.05) is 7.11 Å². The quantitative estimate of drug-likeness (QED) is 0.514. The number of nitrogens with one attached hydrogen (secondary N) is 1. The lowest BCUT2D eigenvalue weighted by molar-refractivity contribution is 0.0931. The molecule has 2 heterocycles. The molecule has 6 heteroatoms. The van der Waals surface area contributed by atoms with Crippen molar-refractivity contribution in [2.24, 2.45) is 0 Å². The van der Waals surface area contributed by atoms with Crippen LogP contribution < -0.4 is 10.1 Å². The van der Waals surface area contributed by atoms with Crippen molar-refractivity contribution in [3.05, 3.63) is 72.4 Å². The first kappa shape index (κ1) is 19.6. The van der Waals surface area contributed by atoms with Crippen molar-refractivity contribution in [3.63, 3.8) is 0 Å². The Hall–Kier alpha value is -3.67. The molecule has 4 rings (SSSR count). The molecule has 0 bridgehead atoms. The Morgan fingerprint density at radius 1 is 1.03 bits per heavy atom. The molecule has 0 saturated heterocycles. The summed E-state index contributed by atoms with van der Waals surface area (Å²) in [4.78, 5) is 17.8. The van der Waals surface area contributed by atoms with Crippen molar-refractivity contribution in [3.8, 4) is 28.3 Å². The lowest BCUT2D eigenvalue weighted by Crippen LogP contribution is -2.33. The Kier molecular flexibility index (Phi) is 5.48. The summed E-state index contributed by atoms with van der Waals surface area (Å²) in [6.07, 6.45) is 0.844. The van der Waals surface area contributed by atoms with Gasteiger partial charge in [-0.05, 0) is 31.5 Å². The average Bonchev–Trinajstić information content (AvgIpc) is 3.23. The van der Waals surface area contributed by atoms with Gasteiger partial charge in [0.15, 0.2) is 5.65 Å². The minimum absolute atomic E-state index is 0.0603. The van der Waals surface area contributed by atoms with Crippen molar-refractivity contribution in [1.82, 2.24) is 19.9 Å². The third-order valence-corrected chi connectivity index (χ3v) is 5.08. The molecular formula is C24H24N4O2. The fourth-order valence-electron chi connectivity index (χ4n) is 3.22. The predicted octanol–water partition coefficient (Wildman–Crippen LogP) is 4.60. The van der Waals surface area contributed by atoms with Gasteiger partial charge in [0.05, 0.1) is 18.5 Å². The van der Waals surface area contributed by atoms with Crippen LogP contribution in [0.2, 0.25) is 0 Å². The van der Waals surface area contributed by atoms with Crippen LogP contribution in [0.25, 0.3) is 28.2 Å². The molecule has 1 N–H and O–H groups in total. The van der Waals surface area contributed by atoms with Gasteiger partial charge in [-0.2, -0.15) is 5.10 Å². The van der Waals surface area contributed by atoms with Crippen molar-refractivity contribution in [1.29, 1.82) is 0 Å². The first-order valence-corrected chi connectivity index (χ1v) is 10.0. The molecule has 0 aliphatic carbocycles. The maximum Gasteiger partial charge on any atom is 0.270 e. The lowest BCUT2D eigenvalue weighted by atomic mass is 10.1. The van der Waals surface area contributed by atoms with Crippen LogP contribution in [0.1, 0.15) is 30.8 Å². The number of amides is 1. The third kappa shape index (κ3) is 3.89. The van der Waals surface area contributed by atoms with Crippen LogP contribution in [-0.2, 0) is 0 Å². The second-order valence-electron chi connectivity index (χ2n) is 7.21.